The number of aromatic nitrogens is 1. The zero-order chi connectivity index (χ0) is 13.0. The van der Waals surface area contributed by atoms with Crippen molar-refractivity contribution in [2.24, 2.45) is 5.41 Å². The van der Waals surface area contributed by atoms with Crippen molar-refractivity contribution in [1.82, 2.24) is 15.2 Å². The minimum absolute atomic E-state index is 0.430. The fourth-order valence-corrected chi connectivity index (χ4v) is 2.74. The summed E-state index contributed by atoms with van der Waals surface area (Å²) in [4.78, 5) is 7.11. The second-order valence-electron chi connectivity index (χ2n) is 5.81. The fourth-order valence-electron chi connectivity index (χ4n) is 2.74. The first-order valence-electron chi connectivity index (χ1n) is 6.97. The van der Waals surface area contributed by atoms with Crippen LogP contribution in [0.5, 0.6) is 0 Å². The van der Waals surface area contributed by atoms with Crippen LogP contribution in [0.3, 0.4) is 0 Å². The van der Waals surface area contributed by atoms with Crippen LogP contribution in [0.15, 0.2) is 18.2 Å². The summed E-state index contributed by atoms with van der Waals surface area (Å²) in [5.74, 6) is 0. The van der Waals surface area contributed by atoms with Gasteiger partial charge in [0, 0.05) is 25.3 Å². The lowest BCUT2D eigenvalue weighted by Crippen LogP contribution is -2.37. The van der Waals surface area contributed by atoms with Crippen LogP contribution in [0.2, 0.25) is 0 Å². The van der Waals surface area contributed by atoms with Crippen molar-refractivity contribution in [2.75, 3.05) is 26.2 Å². The van der Waals surface area contributed by atoms with Crippen molar-refractivity contribution in [3.63, 3.8) is 0 Å². The SMILES string of the molecule is CCN(Cc1cccc(C)n1)CC1(C)CCNC1. The Balaban J connectivity index is 1.97. The van der Waals surface area contributed by atoms with Crippen LogP contribution in [0.1, 0.15) is 31.7 Å². The quantitative estimate of drug-likeness (QED) is 0.864. The maximum Gasteiger partial charge on any atom is 0.0547 e. The van der Waals surface area contributed by atoms with Gasteiger partial charge in [0.25, 0.3) is 0 Å². The van der Waals surface area contributed by atoms with Crippen molar-refractivity contribution in [3.8, 4) is 0 Å². The van der Waals surface area contributed by atoms with Crippen LogP contribution in [0, 0.1) is 12.3 Å². The summed E-state index contributed by atoms with van der Waals surface area (Å²) in [6, 6.07) is 6.29. The molecule has 2 heterocycles. The summed E-state index contributed by atoms with van der Waals surface area (Å²) in [6.45, 7) is 12.2. The number of aryl methyl sites for hydroxylation is 1. The Morgan fingerprint density at radius 2 is 2.28 bits per heavy atom. The van der Waals surface area contributed by atoms with Crippen LogP contribution in [0.4, 0.5) is 0 Å². The topological polar surface area (TPSA) is 28.2 Å². The Kier molecular flexibility index (Phi) is 4.36. The highest BCUT2D eigenvalue weighted by molar-refractivity contribution is 5.09. The number of hydrogen-bond donors (Lipinski definition) is 1. The predicted octanol–water partition coefficient (Wildman–Crippen LogP) is 2.21. The van der Waals surface area contributed by atoms with Crippen molar-refractivity contribution < 1.29 is 0 Å². The molecular weight excluding hydrogens is 222 g/mol. The van der Waals surface area contributed by atoms with Crippen molar-refractivity contribution >= 4 is 0 Å². The van der Waals surface area contributed by atoms with E-state index in [-0.39, 0.29) is 0 Å². The van der Waals surface area contributed by atoms with Crippen molar-refractivity contribution in [3.05, 3.63) is 29.6 Å². The van der Waals surface area contributed by atoms with Crippen LogP contribution in [0.25, 0.3) is 0 Å². The molecule has 18 heavy (non-hydrogen) atoms. The van der Waals surface area contributed by atoms with Crippen LogP contribution < -0.4 is 5.32 Å². The Labute approximate surface area is 111 Å². The number of nitrogens with zero attached hydrogens (tertiary/aromatic N) is 2. The van der Waals surface area contributed by atoms with E-state index in [1.165, 1.54) is 12.1 Å². The van der Waals surface area contributed by atoms with Gasteiger partial charge in [-0.2, -0.15) is 0 Å². The van der Waals surface area contributed by atoms with Gasteiger partial charge in [-0.25, -0.2) is 0 Å². The van der Waals surface area contributed by atoms with E-state index in [1.54, 1.807) is 0 Å². The Bertz CT molecular complexity index is 383. The van der Waals surface area contributed by atoms with E-state index in [0.29, 0.717) is 5.41 Å². The largest absolute Gasteiger partial charge is 0.316 e. The van der Waals surface area contributed by atoms with Gasteiger partial charge in [-0.05, 0) is 44.0 Å². The molecule has 1 saturated heterocycles. The van der Waals surface area contributed by atoms with E-state index in [2.05, 4.69) is 54.2 Å². The molecule has 0 radical (unpaired) electrons. The molecule has 0 spiro atoms. The number of rotatable bonds is 5. The molecule has 0 saturated carbocycles. The number of nitrogens with one attached hydrogen (secondary N) is 1. The molecule has 2 rings (SSSR count). The maximum absolute atomic E-state index is 4.60. The molecule has 0 aliphatic carbocycles. The predicted molar refractivity (Wildman–Crippen MR) is 75.5 cm³/mol. The zero-order valence-electron chi connectivity index (χ0n) is 11.9. The van der Waals surface area contributed by atoms with Gasteiger partial charge in [-0.3, -0.25) is 9.88 Å². The molecule has 1 fully saturated rings. The molecule has 1 aromatic heterocycles. The molecule has 1 atom stereocenters. The van der Waals surface area contributed by atoms with Gasteiger partial charge in [0.1, 0.15) is 0 Å². The van der Waals surface area contributed by atoms with E-state index >= 15 is 0 Å². The monoisotopic (exact) mass is 247 g/mol. The highest BCUT2D eigenvalue weighted by Crippen LogP contribution is 2.26. The molecule has 0 bridgehead atoms. The van der Waals surface area contributed by atoms with Gasteiger partial charge in [-0.1, -0.05) is 19.9 Å². The first-order valence-corrected chi connectivity index (χ1v) is 6.97. The van der Waals surface area contributed by atoms with E-state index < -0.39 is 0 Å². The van der Waals surface area contributed by atoms with Gasteiger partial charge in [-0.15, -0.1) is 0 Å². The molecule has 1 aromatic rings. The molecule has 0 amide bonds. The van der Waals surface area contributed by atoms with Gasteiger partial charge in [0.15, 0.2) is 0 Å². The maximum atomic E-state index is 4.60. The van der Waals surface area contributed by atoms with Crippen molar-refractivity contribution in [2.45, 2.75) is 33.7 Å². The van der Waals surface area contributed by atoms with E-state index in [9.17, 15) is 0 Å². The molecule has 3 heteroatoms. The molecule has 1 aliphatic rings. The average molecular weight is 247 g/mol. The van der Waals surface area contributed by atoms with Crippen LogP contribution >= 0.6 is 0 Å². The summed E-state index contributed by atoms with van der Waals surface area (Å²) in [5, 5.41) is 3.47. The summed E-state index contributed by atoms with van der Waals surface area (Å²) >= 11 is 0. The summed E-state index contributed by atoms with van der Waals surface area (Å²) in [5.41, 5.74) is 2.73. The van der Waals surface area contributed by atoms with Crippen molar-refractivity contribution in [1.29, 1.82) is 0 Å². The first kappa shape index (κ1) is 13.5. The van der Waals surface area contributed by atoms with E-state index in [4.69, 9.17) is 0 Å². The fraction of sp³-hybridized carbons (Fsp3) is 0.667. The lowest BCUT2D eigenvalue weighted by atomic mass is 9.89. The average Bonchev–Trinajstić information content (AvgIpc) is 2.75. The Morgan fingerprint density at radius 1 is 1.44 bits per heavy atom. The molecule has 1 N–H and O–H groups in total. The third kappa shape index (κ3) is 3.53. The van der Waals surface area contributed by atoms with Gasteiger partial charge in [0.2, 0.25) is 0 Å². The molecular formula is C15H25N3. The highest BCUT2D eigenvalue weighted by Gasteiger charge is 2.30. The normalized spacial score (nSPS) is 23.8. The van der Waals surface area contributed by atoms with Gasteiger partial charge in [0.05, 0.1) is 5.69 Å². The Hall–Kier alpha value is -0.930. The zero-order valence-corrected chi connectivity index (χ0v) is 11.9. The first-order chi connectivity index (χ1) is 8.61. The molecule has 1 aliphatic heterocycles. The third-order valence-corrected chi connectivity index (χ3v) is 3.84. The van der Waals surface area contributed by atoms with E-state index in [1.807, 2.05) is 0 Å². The molecule has 1 unspecified atom stereocenters. The van der Waals surface area contributed by atoms with Gasteiger partial charge >= 0.3 is 0 Å². The second-order valence-corrected chi connectivity index (χ2v) is 5.81. The lowest BCUT2D eigenvalue weighted by molar-refractivity contribution is 0.176. The summed E-state index contributed by atoms with van der Waals surface area (Å²) in [6.07, 6.45) is 1.28. The summed E-state index contributed by atoms with van der Waals surface area (Å²) < 4.78 is 0. The second kappa shape index (κ2) is 5.81. The van der Waals surface area contributed by atoms with Gasteiger partial charge < -0.3 is 5.32 Å². The molecule has 3 nitrogen and oxygen atoms in total. The third-order valence-electron chi connectivity index (χ3n) is 3.84. The summed E-state index contributed by atoms with van der Waals surface area (Å²) in [7, 11) is 0. The lowest BCUT2D eigenvalue weighted by Gasteiger charge is -2.31. The minimum atomic E-state index is 0.430. The molecule has 0 aromatic carbocycles. The van der Waals surface area contributed by atoms with E-state index in [0.717, 1.165) is 38.4 Å². The number of pyridine rings is 1. The van der Waals surface area contributed by atoms with Crippen LogP contribution in [-0.2, 0) is 6.54 Å². The molecule has 100 valence electrons. The standard InChI is InChI=1S/C15H25N3/c1-4-18(12-15(3)8-9-16-11-15)10-14-7-5-6-13(2)17-14/h5-7,16H,4,8-12H2,1-3H3. The van der Waals surface area contributed by atoms with Crippen LogP contribution in [-0.4, -0.2) is 36.1 Å². The number of hydrogen-bond acceptors (Lipinski definition) is 3. The Morgan fingerprint density at radius 3 is 2.89 bits per heavy atom. The highest BCUT2D eigenvalue weighted by atomic mass is 15.1. The smallest absolute Gasteiger partial charge is 0.0547 e. The minimum Gasteiger partial charge on any atom is -0.316 e.